The number of aryl methyl sites for hydroxylation is 1. The number of benzene rings is 1. The fraction of sp³-hybridized carbons (Fsp3) is 0.421. The van der Waals surface area contributed by atoms with Gasteiger partial charge in [-0.2, -0.15) is 0 Å². The van der Waals surface area contributed by atoms with Crippen LogP contribution in [0.25, 0.3) is 0 Å². The minimum atomic E-state index is -0.0863. The number of guanidine groups is 1. The number of amides is 1. The number of nitrogens with zero attached hydrogens (tertiary/aromatic N) is 2. The zero-order valence-corrected chi connectivity index (χ0v) is 16.6. The number of hydrogen-bond acceptors (Lipinski definition) is 5. The van der Waals surface area contributed by atoms with Gasteiger partial charge in [0.15, 0.2) is 5.96 Å². The normalized spacial score (nSPS) is 11.1. The van der Waals surface area contributed by atoms with Crippen molar-refractivity contribution in [2.24, 2.45) is 4.99 Å². The van der Waals surface area contributed by atoms with E-state index in [1.165, 1.54) is 11.3 Å². The van der Waals surface area contributed by atoms with E-state index in [0.717, 1.165) is 30.4 Å². The molecule has 0 spiro atoms. The number of ether oxygens (including phenoxy) is 1. The topological polar surface area (TPSA) is 87.6 Å². The van der Waals surface area contributed by atoms with E-state index in [2.05, 4.69) is 25.9 Å². The molecule has 0 aliphatic heterocycles. The number of hydrogen-bond donors (Lipinski definition) is 3. The lowest BCUT2D eigenvalue weighted by atomic mass is 10.3. The Morgan fingerprint density at radius 3 is 2.67 bits per heavy atom. The van der Waals surface area contributed by atoms with E-state index < -0.39 is 0 Å². The number of carbonyl (C=O) groups is 1. The number of nitrogens with one attached hydrogen (secondary N) is 3. The molecule has 146 valence electrons. The van der Waals surface area contributed by atoms with Crippen molar-refractivity contribution < 1.29 is 9.53 Å². The van der Waals surface area contributed by atoms with Gasteiger partial charge in [0.25, 0.3) is 5.91 Å². The van der Waals surface area contributed by atoms with Crippen LogP contribution in [0.2, 0.25) is 0 Å². The van der Waals surface area contributed by atoms with Gasteiger partial charge in [-0.1, -0.05) is 18.2 Å². The van der Waals surface area contributed by atoms with Crippen molar-refractivity contribution in [3.63, 3.8) is 0 Å². The Balaban J connectivity index is 1.64. The first-order valence-electron chi connectivity index (χ1n) is 9.09. The van der Waals surface area contributed by atoms with Gasteiger partial charge >= 0.3 is 0 Å². The van der Waals surface area contributed by atoms with Crippen LogP contribution in [0.5, 0.6) is 5.75 Å². The van der Waals surface area contributed by atoms with Gasteiger partial charge in [0.1, 0.15) is 10.6 Å². The van der Waals surface area contributed by atoms with Gasteiger partial charge in [-0.25, -0.2) is 4.98 Å². The number of thiazole rings is 1. The molecule has 1 heterocycles. The molecule has 0 aliphatic rings. The largest absolute Gasteiger partial charge is 0.494 e. The summed E-state index contributed by atoms with van der Waals surface area (Å²) < 4.78 is 5.66. The predicted molar refractivity (Wildman–Crippen MR) is 110 cm³/mol. The molecule has 0 atom stereocenters. The molecule has 2 aromatic rings. The molecule has 1 amide bonds. The summed E-state index contributed by atoms with van der Waals surface area (Å²) in [5, 5.41) is 9.29. The highest BCUT2D eigenvalue weighted by molar-refractivity contribution is 7.11. The number of aromatic nitrogens is 1. The standard InChI is InChI=1S/C19H27N5O2S/c1-3-20-19(22-10-7-13-26-16-8-5-4-6-9-16)23-12-11-21-18(25)17-15(2)24-14-27-17/h4-6,8-9,14H,3,7,10-13H2,1-2H3,(H,21,25)(H2,20,22,23). The second-order valence-corrected chi connectivity index (χ2v) is 6.58. The quantitative estimate of drug-likeness (QED) is 0.329. The molecule has 0 bridgehead atoms. The Hall–Kier alpha value is -2.61. The zero-order valence-electron chi connectivity index (χ0n) is 15.8. The Morgan fingerprint density at radius 2 is 1.96 bits per heavy atom. The van der Waals surface area contributed by atoms with Crippen molar-refractivity contribution in [3.05, 3.63) is 46.4 Å². The van der Waals surface area contributed by atoms with Crippen LogP contribution in [0.3, 0.4) is 0 Å². The molecule has 7 nitrogen and oxygen atoms in total. The first-order valence-corrected chi connectivity index (χ1v) is 9.97. The zero-order chi connectivity index (χ0) is 19.3. The van der Waals surface area contributed by atoms with E-state index in [-0.39, 0.29) is 5.91 Å². The van der Waals surface area contributed by atoms with Crippen LogP contribution in [-0.4, -0.2) is 49.6 Å². The summed E-state index contributed by atoms with van der Waals surface area (Å²) in [4.78, 5) is 21.3. The van der Waals surface area contributed by atoms with Gasteiger partial charge in [-0.3, -0.25) is 9.79 Å². The second kappa shape index (κ2) is 11.9. The maximum atomic E-state index is 12.0. The van der Waals surface area contributed by atoms with Crippen LogP contribution in [-0.2, 0) is 0 Å². The third-order valence-electron chi connectivity index (χ3n) is 3.58. The van der Waals surface area contributed by atoms with Gasteiger partial charge in [0.2, 0.25) is 0 Å². The monoisotopic (exact) mass is 389 g/mol. The molecule has 0 saturated heterocycles. The molecule has 3 N–H and O–H groups in total. The third-order valence-corrected chi connectivity index (χ3v) is 4.51. The molecular weight excluding hydrogens is 362 g/mol. The summed E-state index contributed by atoms with van der Waals surface area (Å²) in [5.74, 6) is 1.52. The van der Waals surface area contributed by atoms with Crippen LogP contribution >= 0.6 is 11.3 Å². The summed E-state index contributed by atoms with van der Waals surface area (Å²) in [6, 6.07) is 9.76. The average molecular weight is 390 g/mol. The summed E-state index contributed by atoms with van der Waals surface area (Å²) in [7, 11) is 0. The summed E-state index contributed by atoms with van der Waals surface area (Å²) in [6.07, 6.45) is 0.826. The molecule has 0 radical (unpaired) electrons. The van der Waals surface area contributed by atoms with Gasteiger partial charge in [0.05, 0.1) is 17.8 Å². The summed E-state index contributed by atoms with van der Waals surface area (Å²) in [5.41, 5.74) is 2.44. The molecule has 2 rings (SSSR count). The van der Waals surface area contributed by atoms with Crippen LogP contribution in [0.15, 0.2) is 40.8 Å². The number of para-hydroxylation sites is 1. The highest BCUT2D eigenvalue weighted by Crippen LogP contribution is 2.11. The van der Waals surface area contributed by atoms with E-state index in [0.29, 0.717) is 31.1 Å². The highest BCUT2D eigenvalue weighted by Gasteiger charge is 2.10. The van der Waals surface area contributed by atoms with E-state index in [1.807, 2.05) is 44.2 Å². The third kappa shape index (κ3) is 7.65. The van der Waals surface area contributed by atoms with Crippen molar-refractivity contribution >= 4 is 23.2 Å². The number of rotatable bonds is 10. The molecule has 0 fully saturated rings. The predicted octanol–water partition coefficient (Wildman–Crippen LogP) is 2.21. The smallest absolute Gasteiger partial charge is 0.263 e. The Morgan fingerprint density at radius 1 is 1.19 bits per heavy atom. The lowest BCUT2D eigenvalue weighted by Gasteiger charge is -2.12. The van der Waals surface area contributed by atoms with Crippen LogP contribution in [0.4, 0.5) is 0 Å². The van der Waals surface area contributed by atoms with E-state index in [1.54, 1.807) is 5.51 Å². The van der Waals surface area contributed by atoms with E-state index in [9.17, 15) is 4.79 Å². The van der Waals surface area contributed by atoms with E-state index >= 15 is 0 Å². The Kier molecular flexibility index (Phi) is 9.12. The lowest BCUT2D eigenvalue weighted by Crippen LogP contribution is -2.41. The van der Waals surface area contributed by atoms with E-state index in [4.69, 9.17) is 4.74 Å². The van der Waals surface area contributed by atoms with Crippen molar-refractivity contribution in [3.8, 4) is 5.75 Å². The van der Waals surface area contributed by atoms with Crippen LogP contribution < -0.4 is 20.7 Å². The molecule has 0 unspecified atom stereocenters. The van der Waals surface area contributed by atoms with Gasteiger partial charge in [-0.15, -0.1) is 11.3 Å². The Labute approximate surface area is 164 Å². The minimum Gasteiger partial charge on any atom is -0.494 e. The lowest BCUT2D eigenvalue weighted by molar-refractivity contribution is 0.0957. The molecular formula is C19H27N5O2S. The fourth-order valence-electron chi connectivity index (χ4n) is 2.26. The van der Waals surface area contributed by atoms with Gasteiger partial charge in [0, 0.05) is 32.6 Å². The number of carbonyl (C=O) groups excluding carboxylic acids is 1. The minimum absolute atomic E-state index is 0.0863. The second-order valence-electron chi connectivity index (χ2n) is 5.73. The van der Waals surface area contributed by atoms with Crippen molar-refractivity contribution in [1.29, 1.82) is 0 Å². The number of aliphatic imine (C=N–C) groups is 1. The Bertz CT molecular complexity index is 718. The van der Waals surface area contributed by atoms with Crippen LogP contribution in [0.1, 0.15) is 28.7 Å². The maximum absolute atomic E-state index is 12.0. The molecule has 0 saturated carbocycles. The average Bonchev–Trinajstić information content (AvgIpc) is 3.11. The fourth-order valence-corrected chi connectivity index (χ4v) is 2.98. The van der Waals surface area contributed by atoms with Gasteiger partial charge in [-0.05, 0) is 26.0 Å². The van der Waals surface area contributed by atoms with Crippen molar-refractivity contribution in [1.82, 2.24) is 20.9 Å². The first-order chi connectivity index (χ1) is 13.2. The molecule has 0 aliphatic carbocycles. The summed E-state index contributed by atoms with van der Waals surface area (Å²) >= 11 is 1.35. The maximum Gasteiger partial charge on any atom is 0.263 e. The molecule has 1 aromatic heterocycles. The molecule has 27 heavy (non-hydrogen) atoms. The van der Waals surface area contributed by atoms with Crippen molar-refractivity contribution in [2.45, 2.75) is 20.3 Å². The first kappa shape index (κ1) is 20.7. The van der Waals surface area contributed by atoms with Crippen molar-refractivity contribution in [2.75, 3.05) is 32.8 Å². The molecule has 1 aromatic carbocycles. The molecule has 8 heteroatoms. The van der Waals surface area contributed by atoms with Gasteiger partial charge < -0.3 is 20.7 Å². The summed E-state index contributed by atoms with van der Waals surface area (Å²) in [6.45, 7) is 7.02. The van der Waals surface area contributed by atoms with Crippen LogP contribution in [0, 0.1) is 6.92 Å². The SMILES string of the molecule is CCNC(=NCCCOc1ccccc1)NCCNC(=O)c1scnc1C. The highest BCUT2D eigenvalue weighted by atomic mass is 32.1.